The third kappa shape index (κ3) is 2.09. The lowest BCUT2D eigenvalue weighted by Crippen LogP contribution is -1.89. The first-order valence-corrected chi connectivity index (χ1v) is 5.65. The molecule has 0 radical (unpaired) electrons. The molecule has 0 atom stereocenters. The molecule has 0 amide bonds. The third-order valence-corrected chi connectivity index (χ3v) is 2.86. The smallest absolute Gasteiger partial charge is 0.182 e. The van der Waals surface area contributed by atoms with Crippen LogP contribution in [-0.2, 0) is 0 Å². The molecule has 1 aromatic heterocycles. The third-order valence-electron chi connectivity index (χ3n) is 2.16. The van der Waals surface area contributed by atoms with Gasteiger partial charge in [-0.05, 0) is 12.1 Å². The van der Waals surface area contributed by atoms with Crippen molar-refractivity contribution in [2.24, 2.45) is 0 Å². The highest BCUT2D eigenvalue weighted by Gasteiger charge is 2.10. The number of aromatic amines is 1. The molecule has 2 aromatic rings. The van der Waals surface area contributed by atoms with Crippen LogP contribution in [0.5, 0.6) is 0 Å². The van der Waals surface area contributed by atoms with Gasteiger partial charge in [0.25, 0.3) is 0 Å². The molecule has 15 heavy (non-hydrogen) atoms. The second-order valence-corrected chi connectivity index (χ2v) is 4.53. The molecule has 4 heteroatoms. The van der Waals surface area contributed by atoms with Crippen LogP contribution in [0.15, 0.2) is 28.7 Å². The molecule has 0 aliphatic rings. The topological polar surface area (TPSA) is 41.6 Å². The lowest BCUT2D eigenvalue weighted by atomic mass is 10.2. The number of benzene rings is 1. The highest BCUT2D eigenvalue weighted by Crippen LogP contribution is 2.25. The quantitative estimate of drug-likeness (QED) is 0.905. The van der Waals surface area contributed by atoms with Crippen LogP contribution in [-0.4, -0.2) is 15.2 Å². The molecule has 1 N–H and O–H groups in total. The van der Waals surface area contributed by atoms with E-state index >= 15 is 0 Å². The molecule has 1 aromatic carbocycles. The second kappa shape index (κ2) is 4.14. The zero-order chi connectivity index (χ0) is 10.8. The lowest BCUT2D eigenvalue weighted by Gasteiger charge is -1.98. The van der Waals surface area contributed by atoms with E-state index in [0.717, 1.165) is 21.7 Å². The van der Waals surface area contributed by atoms with E-state index in [-0.39, 0.29) is 0 Å². The Morgan fingerprint density at radius 2 is 2.00 bits per heavy atom. The van der Waals surface area contributed by atoms with Crippen molar-refractivity contribution in [1.82, 2.24) is 15.2 Å². The standard InChI is InChI=1S/C11H12BrN3/c1-7(2)10-13-11(15-14-10)8-5-3-4-6-9(8)12/h3-7H,1-2H3,(H,13,14,15). The Labute approximate surface area is 97.1 Å². The highest BCUT2D eigenvalue weighted by molar-refractivity contribution is 9.10. The minimum atomic E-state index is 0.369. The number of H-pyrrole nitrogens is 1. The number of rotatable bonds is 2. The first-order chi connectivity index (χ1) is 7.18. The van der Waals surface area contributed by atoms with Gasteiger partial charge in [0, 0.05) is 16.0 Å². The van der Waals surface area contributed by atoms with Gasteiger partial charge in [-0.25, -0.2) is 4.98 Å². The molecule has 3 nitrogen and oxygen atoms in total. The molecule has 0 spiro atoms. The van der Waals surface area contributed by atoms with Crippen LogP contribution < -0.4 is 0 Å². The summed E-state index contributed by atoms with van der Waals surface area (Å²) >= 11 is 3.49. The summed E-state index contributed by atoms with van der Waals surface area (Å²) in [6.07, 6.45) is 0. The average Bonchev–Trinajstić information content (AvgIpc) is 2.67. The number of aromatic nitrogens is 3. The van der Waals surface area contributed by atoms with Gasteiger partial charge in [0.15, 0.2) is 5.82 Å². The van der Waals surface area contributed by atoms with Gasteiger partial charge in [-0.15, -0.1) is 0 Å². The number of nitrogens with zero attached hydrogens (tertiary/aromatic N) is 2. The molecule has 0 unspecified atom stereocenters. The molecule has 0 aliphatic carbocycles. The van der Waals surface area contributed by atoms with Crippen LogP contribution in [0.3, 0.4) is 0 Å². The summed E-state index contributed by atoms with van der Waals surface area (Å²) in [7, 11) is 0. The van der Waals surface area contributed by atoms with Gasteiger partial charge in [-0.2, -0.15) is 5.10 Å². The van der Waals surface area contributed by atoms with Crippen molar-refractivity contribution in [3.8, 4) is 11.4 Å². The molecule has 0 fully saturated rings. The van der Waals surface area contributed by atoms with E-state index in [1.807, 2.05) is 24.3 Å². The van der Waals surface area contributed by atoms with Crippen molar-refractivity contribution in [2.45, 2.75) is 19.8 Å². The van der Waals surface area contributed by atoms with Gasteiger partial charge in [-0.3, -0.25) is 5.10 Å². The fourth-order valence-corrected chi connectivity index (χ4v) is 1.76. The van der Waals surface area contributed by atoms with Crippen molar-refractivity contribution in [1.29, 1.82) is 0 Å². The van der Waals surface area contributed by atoms with Gasteiger partial charge < -0.3 is 0 Å². The van der Waals surface area contributed by atoms with Gasteiger partial charge in [0.1, 0.15) is 5.82 Å². The zero-order valence-electron chi connectivity index (χ0n) is 8.66. The van der Waals surface area contributed by atoms with E-state index in [1.54, 1.807) is 0 Å². The highest BCUT2D eigenvalue weighted by atomic mass is 79.9. The molecule has 78 valence electrons. The SMILES string of the molecule is CC(C)c1nc(-c2ccccc2Br)n[nH]1. The van der Waals surface area contributed by atoms with E-state index in [4.69, 9.17) is 0 Å². The average molecular weight is 266 g/mol. The maximum atomic E-state index is 4.44. The number of nitrogens with one attached hydrogen (secondary N) is 1. The zero-order valence-corrected chi connectivity index (χ0v) is 10.2. The summed E-state index contributed by atoms with van der Waals surface area (Å²) in [6, 6.07) is 7.94. The molecule has 2 rings (SSSR count). The summed E-state index contributed by atoms with van der Waals surface area (Å²) < 4.78 is 1.01. The van der Waals surface area contributed by atoms with E-state index in [0.29, 0.717) is 5.92 Å². The second-order valence-electron chi connectivity index (χ2n) is 3.68. The summed E-state index contributed by atoms with van der Waals surface area (Å²) in [5.41, 5.74) is 1.01. The monoisotopic (exact) mass is 265 g/mol. The largest absolute Gasteiger partial charge is 0.262 e. The number of halogens is 1. The van der Waals surface area contributed by atoms with Gasteiger partial charge >= 0.3 is 0 Å². The molecule has 0 saturated heterocycles. The Morgan fingerprint density at radius 1 is 1.27 bits per heavy atom. The van der Waals surface area contributed by atoms with Crippen LogP contribution in [0.2, 0.25) is 0 Å². The first-order valence-electron chi connectivity index (χ1n) is 4.85. The molecule has 0 bridgehead atoms. The predicted molar refractivity (Wildman–Crippen MR) is 63.6 cm³/mol. The van der Waals surface area contributed by atoms with E-state index in [9.17, 15) is 0 Å². The normalized spacial score (nSPS) is 10.9. The fraction of sp³-hybridized carbons (Fsp3) is 0.273. The number of hydrogen-bond donors (Lipinski definition) is 1. The Morgan fingerprint density at radius 3 is 2.60 bits per heavy atom. The van der Waals surface area contributed by atoms with Gasteiger partial charge in [0.2, 0.25) is 0 Å². The van der Waals surface area contributed by atoms with Crippen molar-refractivity contribution in [3.63, 3.8) is 0 Å². The van der Waals surface area contributed by atoms with Crippen molar-refractivity contribution >= 4 is 15.9 Å². The first kappa shape index (κ1) is 10.4. The van der Waals surface area contributed by atoms with Crippen LogP contribution in [0, 0.1) is 0 Å². The Balaban J connectivity index is 2.42. The lowest BCUT2D eigenvalue weighted by molar-refractivity contribution is 0.781. The van der Waals surface area contributed by atoms with Crippen LogP contribution in [0.25, 0.3) is 11.4 Å². The minimum Gasteiger partial charge on any atom is -0.262 e. The molecule has 1 heterocycles. The predicted octanol–water partition coefficient (Wildman–Crippen LogP) is 3.36. The van der Waals surface area contributed by atoms with Crippen LogP contribution >= 0.6 is 15.9 Å². The minimum absolute atomic E-state index is 0.369. The maximum absolute atomic E-state index is 4.44. The summed E-state index contributed by atoms with van der Waals surface area (Å²) in [5, 5.41) is 7.15. The molecular formula is C11H12BrN3. The van der Waals surface area contributed by atoms with E-state index in [1.165, 1.54) is 0 Å². The summed E-state index contributed by atoms with van der Waals surface area (Å²) in [4.78, 5) is 4.44. The van der Waals surface area contributed by atoms with Crippen molar-refractivity contribution in [2.75, 3.05) is 0 Å². The van der Waals surface area contributed by atoms with E-state index in [2.05, 4.69) is 45.0 Å². The van der Waals surface area contributed by atoms with E-state index < -0.39 is 0 Å². The van der Waals surface area contributed by atoms with Gasteiger partial charge in [0.05, 0.1) is 0 Å². The van der Waals surface area contributed by atoms with Crippen LogP contribution in [0.1, 0.15) is 25.6 Å². The molecular weight excluding hydrogens is 254 g/mol. The van der Waals surface area contributed by atoms with Crippen molar-refractivity contribution in [3.05, 3.63) is 34.6 Å². The Kier molecular flexibility index (Phi) is 2.86. The van der Waals surface area contributed by atoms with Crippen molar-refractivity contribution < 1.29 is 0 Å². The Bertz CT molecular complexity index is 462. The fourth-order valence-electron chi connectivity index (χ4n) is 1.30. The number of hydrogen-bond acceptors (Lipinski definition) is 2. The summed E-state index contributed by atoms with van der Waals surface area (Å²) in [5.74, 6) is 2.03. The molecule has 0 saturated carbocycles. The van der Waals surface area contributed by atoms with Crippen LogP contribution in [0.4, 0.5) is 0 Å². The Hall–Kier alpha value is -1.16. The summed E-state index contributed by atoms with van der Waals surface area (Å²) in [6.45, 7) is 4.18. The molecule has 0 aliphatic heterocycles. The maximum Gasteiger partial charge on any atom is 0.182 e. The van der Waals surface area contributed by atoms with Gasteiger partial charge in [-0.1, -0.05) is 41.9 Å².